The molecule has 1 heterocycles. The van der Waals surface area contributed by atoms with Crippen LogP contribution in [0.1, 0.15) is 38.2 Å². The van der Waals surface area contributed by atoms with Crippen LogP contribution in [-0.2, 0) is 4.74 Å². The molecule has 2 aromatic rings. The Bertz CT molecular complexity index is 788. The minimum Gasteiger partial charge on any atom is -0.447 e. The van der Waals surface area contributed by atoms with E-state index in [2.05, 4.69) is 34.4 Å². The second-order valence-corrected chi connectivity index (χ2v) is 6.47. The first-order chi connectivity index (χ1) is 12.9. The van der Waals surface area contributed by atoms with Crippen LogP contribution in [0.25, 0.3) is 10.9 Å². The number of hydrogen-bond donors (Lipinski definition) is 2. The van der Waals surface area contributed by atoms with E-state index in [9.17, 15) is 9.59 Å². The van der Waals surface area contributed by atoms with Gasteiger partial charge in [0.15, 0.2) is 0 Å². The van der Waals surface area contributed by atoms with Crippen molar-refractivity contribution in [3.05, 3.63) is 36.0 Å². The van der Waals surface area contributed by atoms with E-state index in [1.165, 1.54) is 0 Å². The minimum atomic E-state index is -0.499. The number of rotatable bonds is 8. The number of nitrogens with one attached hydrogen (secondary N) is 2. The Morgan fingerprint density at radius 2 is 1.89 bits per heavy atom. The van der Waals surface area contributed by atoms with Crippen molar-refractivity contribution in [1.29, 1.82) is 0 Å². The lowest BCUT2D eigenvalue weighted by molar-refractivity contribution is 0.0944. The van der Waals surface area contributed by atoms with Crippen LogP contribution >= 0.6 is 0 Å². The molecule has 0 atom stereocenters. The lowest BCUT2D eigenvalue weighted by Crippen LogP contribution is -2.35. The Balaban J connectivity index is 2.01. The van der Waals surface area contributed by atoms with E-state index >= 15 is 0 Å². The number of amides is 2. The van der Waals surface area contributed by atoms with Gasteiger partial charge in [-0.25, -0.2) is 9.78 Å². The summed E-state index contributed by atoms with van der Waals surface area (Å²) in [5.41, 5.74) is 1.68. The average Bonchev–Trinajstić information content (AvgIpc) is 2.64. The largest absolute Gasteiger partial charge is 0.447 e. The molecule has 0 aliphatic heterocycles. The number of hydrogen-bond acceptors (Lipinski definition) is 5. The van der Waals surface area contributed by atoms with E-state index in [0.29, 0.717) is 23.4 Å². The molecule has 0 saturated heterocycles. The van der Waals surface area contributed by atoms with Gasteiger partial charge in [0.1, 0.15) is 5.69 Å². The third-order valence-electron chi connectivity index (χ3n) is 4.12. The first kappa shape index (κ1) is 20.6. The number of likely N-dealkylation sites (N-methyl/N-ethyl adjacent to an activating group) is 1. The molecule has 146 valence electrons. The first-order valence-electron chi connectivity index (χ1n) is 9.32. The fourth-order valence-corrected chi connectivity index (χ4v) is 2.65. The summed E-state index contributed by atoms with van der Waals surface area (Å²) in [5, 5.41) is 6.41. The van der Waals surface area contributed by atoms with Gasteiger partial charge in [-0.1, -0.05) is 19.9 Å². The molecule has 0 aliphatic carbocycles. The highest BCUT2D eigenvalue weighted by atomic mass is 16.6. The molecule has 0 radical (unpaired) electrons. The van der Waals surface area contributed by atoms with Crippen molar-refractivity contribution >= 4 is 28.6 Å². The zero-order chi connectivity index (χ0) is 19.8. The van der Waals surface area contributed by atoms with Gasteiger partial charge in [0.25, 0.3) is 5.91 Å². The molecule has 1 aromatic carbocycles. The number of benzene rings is 1. The Morgan fingerprint density at radius 3 is 2.56 bits per heavy atom. The van der Waals surface area contributed by atoms with E-state index in [1.807, 2.05) is 6.07 Å². The van der Waals surface area contributed by atoms with Crippen molar-refractivity contribution in [2.24, 2.45) is 0 Å². The molecule has 2 N–H and O–H groups in total. The van der Waals surface area contributed by atoms with E-state index < -0.39 is 6.09 Å². The van der Waals surface area contributed by atoms with Crippen LogP contribution in [0.3, 0.4) is 0 Å². The van der Waals surface area contributed by atoms with E-state index in [0.717, 1.165) is 25.0 Å². The summed E-state index contributed by atoms with van der Waals surface area (Å²) in [7, 11) is 0. The number of aromatic nitrogens is 1. The standard InChI is InChI=1S/C20H28N4O3/c1-5-24(6-2)12-11-21-19(25)18-9-7-15-13-16(8-10-17(15)23-18)22-20(26)27-14(3)4/h7-10,13-14H,5-6,11-12H2,1-4H3,(H,21,25)(H,22,26). The van der Waals surface area contributed by atoms with Crippen molar-refractivity contribution < 1.29 is 14.3 Å². The lowest BCUT2D eigenvalue weighted by Gasteiger charge is -2.17. The maximum absolute atomic E-state index is 12.3. The predicted molar refractivity (Wildman–Crippen MR) is 107 cm³/mol. The minimum absolute atomic E-state index is 0.185. The second-order valence-electron chi connectivity index (χ2n) is 6.47. The first-order valence-corrected chi connectivity index (χ1v) is 9.32. The van der Waals surface area contributed by atoms with Crippen molar-refractivity contribution in [2.75, 3.05) is 31.5 Å². The Morgan fingerprint density at radius 1 is 1.15 bits per heavy atom. The average molecular weight is 372 g/mol. The number of pyridine rings is 1. The van der Waals surface area contributed by atoms with Crippen LogP contribution in [0.2, 0.25) is 0 Å². The van der Waals surface area contributed by atoms with Gasteiger partial charge in [-0.15, -0.1) is 0 Å². The molecule has 2 amide bonds. The summed E-state index contributed by atoms with van der Waals surface area (Å²) in [4.78, 5) is 30.6. The van der Waals surface area contributed by atoms with Crippen LogP contribution in [0.15, 0.2) is 30.3 Å². The number of ether oxygens (including phenoxy) is 1. The maximum atomic E-state index is 12.3. The summed E-state index contributed by atoms with van der Waals surface area (Å²) in [6, 6.07) is 8.81. The number of carbonyl (C=O) groups is 2. The van der Waals surface area contributed by atoms with E-state index in [-0.39, 0.29) is 12.0 Å². The molecule has 0 unspecified atom stereocenters. The monoisotopic (exact) mass is 372 g/mol. The number of carbonyl (C=O) groups excluding carboxylic acids is 2. The molecule has 0 spiro atoms. The fraction of sp³-hybridized carbons (Fsp3) is 0.450. The van der Waals surface area contributed by atoms with Crippen molar-refractivity contribution in [3.8, 4) is 0 Å². The predicted octanol–water partition coefficient (Wildman–Crippen LogP) is 3.26. The zero-order valence-corrected chi connectivity index (χ0v) is 16.4. The van der Waals surface area contributed by atoms with Gasteiger partial charge in [-0.3, -0.25) is 10.1 Å². The molecule has 2 rings (SSSR count). The highest BCUT2D eigenvalue weighted by Crippen LogP contribution is 2.18. The van der Waals surface area contributed by atoms with Gasteiger partial charge >= 0.3 is 6.09 Å². The highest BCUT2D eigenvalue weighted by Gasteiger charge is 2.10. The summed E-state index contributed by atoms with van der Waals surface area (Å²) in [6.45, 7) is 11.1. The van der Waals surface area contributed by atoms with Crippen molar-refractivity contribution in [1.82, 2.24) is 15.2 Å². The van der Waals surface area contributed by atoms with Crippen LogP contribution in [-0.4, -0.2) is 54.2 Å². The van der Waals surface area contributed by atoms with Crippen molar-refractivity contribution in [3.63, 3.8) is 0 Å². The molecule has 27 heavy (non-hydrogen) atoms. The summed E-state index contributed by atoms with van der Waals surface area (Å²) < 4.78 is 5.07. The van der Waals surface area contributed by atoms with Gasteiger partial charge in [-0.05, 0) is 51.2 Å². The Hall–Kier alpha value is -2.67. The molecular formula is C20H28N4O3. The second kappa shape index (κ2) is 9.87. The van der Waals surface area contributed by atoms with Crippen molar-refractivity contribution in [2.45, 2.75) is 33.8 Å². The van der Waals surface area contributed by atoms with Crippen LogP contribution in [0, 0.1) is 0 Å². The van der Waals surface area contributed by atoms with E-state index in [1.54, 1.807) is 38.1 Å². The number of fused-ring (bicyclic) bond motifs is 1. The maximum Gasteiger partial charge on any atom is 0.411 e. The zero-order valence-electron chi connectivity index (χ0n) is 16.4. The quantitative estimate of drug-likeness (QED) is 0.743. The molecule has 7 nitrogen and oxygen atoms in total. The van der Waals surface area contributed by atoms with Gasteiger partial charge in [0.05, 0.1) is 11.6 Å². The van der Waals surface area contributed by atoms with Gasteiger partial charge in [-0.2, -0.15) is 0 Å². The molecule has 0 saturated carbocycles. The Labute approximate surface area is 160 Å². The van der Waals surface area contributed by atoms with Gasteiger partial charge in [0, 0.05) is 24.2 Å². The van der Waals surface area contributed by atoms with Crippen LogP contribution in [0.5, 0.6) is 0 Å². The topological polar surface area (TPSA) is 83.6 Å². The smallest absolute Gasteiger partial charge is 0.411 e. The highest BCUT2D eigenvalue weighted by molar-refractivity contribution is 5.96. The van der Waals surface area contributed by atoms with Crippen LogP contribution < -0.4 is 10.6 Å². The van der Waals surface area contributed by atoms with Gasteiger partial charge in [0.2, 0.25) is 0 Å². The third kappa shape index (κ3) is 6.21. The molecule has 1 aromatic heterocycles. The molecule has 7 heteroatoms. The third-order valence-corrected chi connectivity index (χ3v) is 4.12. The van der Waals surface area contributed by atoms with E-state index in [4.69, 9.17) is 4.74 Å². The summed E-state index contributed by atoms with van der Waals surface area (Å²) in [6.07, 6.45) is -0.684. The van der Waals surface area contributed by atoms with Gasteiger partial charge < -0.3 is 15.0 Å². The molecule has 0 fully saturated rings. The normalized spacial score (nSPS) is 11.0. The van der Waals surface area contributed by atoms with Crippen LogP contribution in [0.4, 0.5) is 10.5 Å². The molecule has 0 bridgehead atoms. The summed E-state index contributed by atoms with van der Waals surface area (Å²) >= 11 is 0. The summed E-state index contributed by atoms with van der Waals surface area (Å²) in [5.74, 6) is -0.188. The fourth-order valence-electron chi connectivity index (χ4n) is 2.65. The lowest BCUT2D eigenvalue weighted by atomic mass is 10.1. The number of nitrogens with zero attached hydrogens (tertiary/aromatic N) is 2. The molecular weight excluding hydrogens is 344 g/mol. The Kier molecular flexibility index (Phi) is 7.55. The number of anilines is 1. The SMILES string of the molecule is CCN(CC)CCNC(=O)c1ccc2cc(NC(=O)OC(C)C)ccc2n1. The molecule has 0 aliphatic rings.